The van der Waals surface area contributed by atoms with Crippen molar-refractivity contribution < 1.29 is 9.90 Å². The molecule has 0 unspecified atom stereocenters. The van der Waals surface area contributed by atoms with Gasteiger partial charge in [-0.05, 0) is 36.5 Å². The molecule has 1 aliphatic rings. The molecule has 1 fully saturated rings. The van der Waals surface area contributed by atoms with Gasteiger partial charge in [-0.25, -0.2) is 4.98 Å². The quantitative estimate of drug-likeness (QED) is 0.882. The van der Waals surface area contributed by atoms with E-state index in [-0.39, 0.29) is 5.91 Å². The van der Waals surface area contributed by atoms with Crippen LogP contribution in [0.4, 0.5) is 0 Å². The zero-order valence-electron chi connectivity index (χ0n) is 12.5. The Kier molecular flexibility index (Phi) is 4.69. The number of para-hydroxylation sites is 2. The van der Waals surface area contributed by atoms with Crippen molar-refractivity contribution >= 4 is 28.7 Å². The smallest absolute Gasteiger partial charge is 0.221 e. The molecule has 1 aromatic heterocycles. The fraction of sp³-hybridized carbons (Fsp3) is 0.500. The number of fused-ring (bicyclic) bond motifs is 1. The molecule has 1 saturated heterocycles. The van der Waals surface area contributed by atoms with Crippen LogP contribution in [0.25, 0.3) is 11.0 Å². The van der Waals surface area contributed by atoms with Gasteiger partial charge in [0.05, 0.1) is 23.0 Å². The maximum absolute atomic E-state index is 12.0. The fourth-order valence-corrected chi connectivity index (χ4v) is 3.94. The van der Waals surface area contributed by atoms with E-state index in [0.717, 1.165) is 35.4 Å². The molecule has 0 bridgehead atoms. The number of aromatic nitrogens is 2. The van der Waals surface area contributed by atoms with Crippen LogP contribution in [0, 0.1) is 0 Å². The van der Waals surface area contributed by atoms with Crippen molar-refractivity contribution in [1.29, 1.82) is 0 Å². The van der Waals surface area contributed by atoms with Crippen molar-refractivity contribution in [2.24, 2.45) is 0 Å². The molecule has 2 aromatic rings. The number of benzene rings is 1. The molecule has 22 heavy (non-hydrogen) atoms. The highest BCUT2D eigenvalue weighted by molar-refractivity contribution is 7.99. The van der Waals surface area contributed by atoms with Crippen LogP contribution in [0.2, 0.25) is 0 Å². The third-order valence-corrected chi connectivity index (χ3v) is 5.13. The van der Waals surface area contributed by atoms with Crippen molar-refractivity contribution in [1.82, 2.24) is 14.9 Å². The van der Waals surface area contributed by atoms with Crippen LogP contribution in [-0.4, -0.2) is 44.2 Å². The first-order chi connectivity index (χ1) is 10.7. The Morgan fingerprint density at radius 3 is 2.95 bits per heavy atom. The van der Waals surface area contributed by atoms with Crippen molar-refractivity contribution in [3.63, 3.8) is 0 Å². The number of aryl methyl sites for hydroxylation is 1. The molecule has 2 heterocycles. The Balaban J connectivity index is 1.50. The van der Waals surface area contributed by atoms with Crippen molar-refractivity contribution in [3.8, 4) is 0 Å². The molecule has 3 rings (SSSR count). The summed E-state index contributed by atoms with van der Waals surface area (Å²) in [6.07, 6.45) is 3.67. The van der Waals surface area contributed by atoms with Gasteiger partial charge in [0, 0.05) is 19.5 Å². The Morgan fingerprint density at radius 1 is 1.36 bits per heavy atom. The summed E-state index contributed by atoms with van der Waals surface area (Å²) >= 11 is 1.86. The van der Waals surface area contributed by atoms with Gasteiger partial charge in [0.2, 0.25) is 5.91 Å². The molecule has 1 amide bonds. The number of imidazole rings is 1. The molecule has 118 valence electrons. The zero-order valence-corrected chi connectivity index (χ0v) is 13.3. The first kappa shape index (κ1) is 15.4. The van der Waals surface area contributed by atoms with E-state index in [4.69, 9.17) is 0 Å². The highest BCUT2D eigenvalue weighted by atomic mass is 32.2. The number of carbonyl (C=O) groups excluding carboxylic acids is 1. The molecule has 0 saturated carbocycles. The first-order valence-corrected chi connectivity index (χ1v) is 8.78. The molecule has 2 N–H and O–H groups in total. The van der Waals surface area contributed by atoms with E-state index in [1.807, 2.05) is 40.6 Å². The predicted molar refractivity (Wildman–Crippen MR) is 88.9 cm³/mol. The molecule has 0 atom stereocenters. The van der Waals surface area contributed by atoms with Gasteiger partial charge in [-0.2, -0.15) is 11.8 Å². The zero-order chi connectivity index (χ0) is 15.4. The molecule has 5 nitrogen and oxygen atoms in total. The summed E-state index contributed by atoms with van der Waals surface area (Å²) in [5.41, 5.74) is 1.26. The molecular weight excluding hydrogens is 298 g/mol. The van der Waals surface area contributed by atoms with Gasteiger partial charge in [-0.3, -0.25) is 4.79 Å². The molecule has 0 aliphatic carbocycles. The lowest BCUT2D eigenvalue weighted by molar-refractivity contribution is -0.122. The van der Waals surface area contributed by atoms with Crippen LogP contribution in [0.3, 0.4) is 0 Å². The number of amides is 1. The lowest BCUT2D eigenvalue weighted by atomic mass is 9.97. The molecule has 1 aromatic carbocycles. The van der Waals surface area contributed by atoms with E-state index in [0.29, 0.717) is 19.5 Å². The molecular formula is C16H21N3O2S. The molecule has 1 aliphatic heterocycles. The monoisotopic (exact) mass is 319 g/mol. The van der Waals surface area contributed by atoms with Crippen molar-refractivity contribution in [2.75, 3.05) is 18.1 Å². The summed E-state index contributed by atoms with van der Waals surface area (Å²) in [6.45, 7) is 0.956. The van der Waals surface area contributed by atoms with Gasteiger partial charge in [0.25, 0.3) is 0 Å². The average Bonchev–Trinajstić information content (AvgIpc) is 2.95. The SMILES string of the molecule is O=C(CCn1cnc2ccccc21)NCC1(O)CCSCC1. The average molecular weight is 319 g/mol. The summed E-state index contributed by atoms with van der Waals surface area (Å²) in [7, 11) is 0. The minimum absolute atomic E-state index is 0.0237. The van der Waals surface area contributed by atoms with Crippen LogP contribution in [-0.2, 0) is 11.3 Å². The van der Waals surface area contributed by atoms with Gasteiger partial charge in [-0.15, -0.1) is 0 Å². The van der Waals surface area contributed by atoms with E-state index >= 15 is 0 Å². The number of nitrogens with zero attached hydrogens (tertiary/aromatic N) is 2. The first-order valence-electron chi connectivity index (χ1n) is 7.63. The van der Waals surface area contributed by atoms with Gasteiger partial charge in [-0.1, -0.05) is 12.1 Å². The number of carbonyl (C=O) groups is 1. The topological polar surface area (TPSA) is 67.2 Å². The van der Waals surface area contributed by atoms with E-state index in [2.05, 4.69) is 10.3 Å². The third-order valence-electron chi connectivity index (χ3n) is 4.15. The van der Waals surface area contributed by atoms with Crippen molar-refractivity contribution in [2.45, 2.75) is 31.4 Å². The summed E-state index contributed by atoms with van der Waals surface area (Å²) in [5.74, 6) is 1.91. The number of hydrogen-bond acceptors (Lipinski definition) is 4. The second kappa shape index (κ2) is 6.71. The van der Waals surface area contributed by atoms with Crippen LogP contribution in [0.5, 0.6) is 0 Å². The summed E-state index contributed by atoms with van der Waals surface area (Å²) in [6, 6.07) is 7.89. The normalized spacial score (nSPS) is 17.5. The number of aliphatic hydroxyl groups is 1. The van der Waals surface area contributed by atoms with Crippen LogP contribution in [0.1, 0.15) is 19.3 Å². The standard InChI is InChI=1S/C16H21N3O2S/c20-15(17-11-16(21)6-9-22-10-7-16)5-8-19-12-18-13-3-1-2-4-14(13)19/h1-4,12,21H,5-11H2,(H,17,20). The second-order valence-corrected chi connectivity index (χ2v) is 7.01. The van der Waals surface area contributed by atoms with Crippen molar-refractivity contribution in [3.05, 3.63) is 30.6 Å². The Labute approximate surface area is 134 Å². The second-order valence-electron chi connectivity index (χ2n) is 5.79. The van der Waals surface area contributed by atoms with E-state index in [1.54, 1.807) is 6.33 Å². The number of thioether (sulfide) groups is 1. The van der Waals surface area contributed by atoms with Crippen LogP contribution in [0.15, 0.2) is 30.6 Å². The minimum atomic E-state index is -0.720. The predicted octanol–water partition coefficient (Wildman–Crippen LogP) is 1.80. The highest BCUT2D eigenvalue weighted by Gasteiger charge is 2.29. The Bertz CT molecular complexity index is 650. The molecule has 6 heteroatoms. The maximum Gasteiger partial charge on any atom is 0.221 e. The Morgan fingerprint density at radius 2 is 2.14 bits per heavy atom. The number of nitrogens with one attached hydrogen (secondary N) is 1. The molecule has 0 spiro atoms. The third kappa shape index (κ3) is 3.62. The van der Waals surface area contributed by atoms with Gasteiger partial charge < -0.3 is 15.0 Å². The number of rotatable bonds is 5. The fourth-order valence-electron chi connectivity index (χ4n) is 2.69. The van der Waals surface area contributed by atoms with E-state index in [1.165, 1.54) is 0 Å². The highest BCUT2D eigenvalue weighted by Crippen LogP contribution is 2.26. The minimum Gasteiger partial charge on any atom is -0.388 e. The van der Waals surface area contributed by atoms with Gasteiger partial charge in [0.1, 0.15) is 0 Å². The molecule has 0 radical (unpaired) electrons. The van der Waals surface area contributed by atoms with Crippen LogP contribution < -0.4 is 5.32 Å². The van der Waals surface area contributed by atoms with Gasteiger partial charge >= 0.3 is 0 Å². The summed E-state index contributed by atoms with van der Waals surface area (Å²) in [4.78, 5) is 16.3. The van der Waals surface area contributed by atoms with Gasteiger partial charge in [0.15, 0.2) is 0 Å². The summed E-state index contributed by atoms with van der Waals surface area (Å²) < 4.78 is 1.99. The lowest BCUT2D eigenvalue weighted by Gasteiger charge is -2.31. The largest absolute Gasteiger partial charge is 0.388 e. The number of hydrogen-bond donors (Lipinski definition) is 2. The van der Waals surface area contributed by atoms with E-state index in [9.17, 15) is 9.90 Å². The lowest BCUT2D eigenvalue weighted by Crippen LogP contribution is -2.45. The van der Waals surface area contributed by atoms with E-state index < -0.39 is 5.60 Å². The maximum atomic E-state index is 12.0. The summed E-state index contributed by atoms with van der Waals surface area (Å²) in [5, 5.41) is 13.2. The van der Waals surface area contributed by atoms with Crippen LogP contribution >= 0.6 is 11.8 Å². The Hall–Kier alpha value is -1.53.